The van der Waals surface area contributed by atoms with E-state index in [-0.39, 0.29) is 0 Å². The first kappa shape index (κ1) is 13.3. The maximum absolute atomic E-state index is 5.78. The van der Waals surface area contributed by atoms with E-state index in [9.17, 15) is 0 Å². The van der Waals surface area contributed by atoms with Crippen molar-refractivity contribution in [2.75, 3.05) is 0 Å². The molecule has 0 saturated carbocycles. The molecule has 0 radical (unpaired) electrons. The highest BCUT2D eigenvalue weighted by Gasteiger charge is 2.28. The molecule has 1 aliphatic rings. The Morgan fingerprint density at radius 2 is 1.95 bits per heavy atom. The van der Waals surface area contributed by atoms with Gasteiger partial charge in [-0.1, -0.05) is 44.2 Å². The molecule has 106 valence electrons. The summed E-state index contributed by atoms with van der Waals surface area (Å²) in [6, 6.07) is 10.2. The number of hydrogen-bond donors (Lipinski definition) is 0. The molecule has 0 atom stereocenters. The van der Waals surface area contributed by atoms with Crippen LogP contribution in [0.1, 0.15) is 37.5 Å². The van der Waals surface area contributed by atoms with Crippen molar-refractivity contribution in [3.63, 3.8) is 0 Å². The fourth-order valence-corrected chi connectivity index (χ4v) is 2.64. The van der Waals surface area contributed by atoms with E-state index in [4.69, 9.17) is 4.74 Å². The van der Waals surface area contributed by atoms with Gasteiger partial charge < -0.3 is 9.30 Å². The summed E-state index contributed by atoms with van der Waals surface area (Å²) in [7, 11) is 0. The predicted octanol–water partition coefficient (Wildman–Crippen LogP) is 2.97. The molecule has 0 bridgehead atoms. The van der Waals surface area contributed by atoms with Crippen LogP contribution in [-0.2, 0) is 30.9 Å². The van der Waals surface area contributed by atoms with Crippen LogP contribution >= 0.6 is 0 Å². The molecule has 1 aliphatic heterocycles. The molecule has 0 unspecified atom stereocenters. The third-order valence-corrected chi connectivity index (χ3v) is 3.86. The topological polar surface area (TPSA) is 39.9 Å². The normalized spacial score (nSPS) is 16.9. The monoisotopic (exact) mass is 271 g/mol. The second-order valence-electron chi connectivity index (χ2n) is 6.26. The predicted molar refractivity (Wildman–Crippen MR) is 77.1 cm³/mol. The van der Waals surface area contributed by atoms with Gasteiger partial charge in [-0.25, -0.2) is 0 Å². The first-order valence-electron chi connectivity index (χ1n) is 7.17. The second-order valence-corrected chi connectivity index (χ2v) is 6.26. The maximum atomic E-state index is 5.78. The molecule has 1 aromatic carbocycles. The molecule has 3 rings (SSSR count). The fourth-order valence-electron chi connectivity index (χ4n) is 2.64. The Morgan fingerprint density at radius 3 is 2.75 bits per heavy atom. The minimum absolute atomic E-state index is 0.323. The molecular formula is C16H21N3O. The van der Waals surface area contributed by atoms with Gasteiger partial charge >= 0.3 is 0 Å². The van der Waals surface area contributed by atoms with E-state index in [2.05, 4.69) is 40.7 Å². The first-order valence-corrected chi connectivity index (χ1v) is 7.17. The van der Waals surface area contributed by atoms with Crippen molar-refractivity contribution < 1.29 is 4.74 Å². The average molecular weight is 271 g/mol. The molecule has 0 aliphatic carbocycles. The number of rotatable bonds is 4. The summed E-state index contributed by atoms with van der Waals surface area (Å²) < 4.78 is 8.01. The summed E-state index contributed by atoms with van der Waals surface area (Å²) in [5.74, 6) is 2.05. The van der Waals surface area contributed by atoms with Gasteiger partial charge in [0, 0.05) is 13.0 Å². The molecule has 0 spiro atoms. The Kier molecular flexibility index (Phi) is 3.57. The highest BCUT2D eigenvalue weighted by Crippen LogP contribution is 2.30. The van der Waals surface area contributed by atoms with E-state index in [0.717, 1.165) is 24.6 Å². The lowest BCUT2D eigenvalue weighted by Gasteiger charge is -2.30. The highest BCUT2D eigenvalue weighted by atomic mass is 16.5. The highest BCUT2D eigenvalue weighted by molar-refractivity contribution is 5.13. The van der Waals surface area contributed by atoms with Crippen LogP contribution in [0.4, 0.5) is 0 Å². The molecule has 1 aromatic heterocycles. The van der Waals surface area contributed by atoms with Gasteiger partial charge in [-0.3, -0.25) is 0 Å². The Hall–Kier alpha value is -1.68. The van der Waals surface area contributed by atoms with E-state index in [0.29, 0.717) is 18.6 Å². The third-order valence-electron chi connectivity index (χ3n) is 3.86. The quantitative estimate of drug-likeness (QED) is 0.858. The van der Waals surface area contributed by atoms with Gasteiger partial charge in [-0.15, -0.1) is 10.2 Å². The van der Waals surface area contributed by atoms with E-state index in [1.165, 1.54) is 12.0 Å². The number of nitrogens with zero attached hydrogens (tertiary/aromatic N) is 3. The van der Waals surface area contributed by atoms with Crippen molar-refractivity contribution in [3.8, 4) is 0 Å². The Labute approximate surface area is 119 Å². The average Bonchev–Trinajstić information content (AvgIpc) is 2.81. The molecule has 4 heteroatoms. The molecule has 4 nitrogen and oxygen atoms in total. The van der Waals surface area contributed by atoms with Crippen LogP contribution in [0.3, 0.4) is 0 Å². The smallest absolute Gasteiger partial charge is 0.159 e. The number of aromatic nitrogens is 3. The zero-order valence-corrected chi connectivity index (χ0v) is 12.2. The summed E-state index contributed by atoms with van der Waals surface area (Å²) in [6.45, 7) is 6.72. The summed E-state index contributed by atoms with van der Waals surface area (Å²) in [5, 5.41) is 8.56. The molecule has 0 amide bonds. The van der Waals surface area contributed by atoms with Crippen LogP contribution in [0.2, 0.25) is 0 Å². The summed E-state index contributed by atoms with van der Waals surface area (Å²) in [6.07, 6.45) is 2.19. The Balaban J connectivity index is 1.63. The van der Waals surface area contributed by atoms with Gasteiger partial charge in [0.25, 0.3) is 0 Å². The van der Waals surface area contributed by atoms with Crippen molar-refractivity contribution in [1.29, 1.82) is 0 Å². The van der Waals surface area contributed by atoms with Gasteiger partial charge in [-0.2, -0.15) is 0 Å². The van der Waals surface area contributed by atoms with E-state index >= 15 is 0 Å². The molecule has 2 aromatic rings. The standard InChI is InChI=1S/C16H21N3O/c1-16(2)9-8-14-17-18-15(19(14)12-16)11-20-10-13-6-4-3-5-7-13/h3-7H,8-12H2,1-2H3. The minimum atomic E-state index is 0.323. The second kappa shape index (κ2) is 5.37. The van der Waals surface area contributed by atoms with E-state index in [1.54, 1.807) is 0 Å². The lowest BCUT2D eigenvalue weighted by molar-refractivity contribution is 0.0959. The van der Waals surface area contributed by atoms with Gasteiger partial charge in [0.1, 0.15) is 12.4 Å². The molecular weight excluding hydrogens is 250 g/mol. The van der Waals surface area contributed by atoms with Crippen LogP contribution in [0.5, 0.6) is 0 Å². The lowest BCUT2D eigenvalue weighted by Crippen LogP contribution is -2.28. The number of benzene rings is 1. The number of aryl methyl sites for hydroxylation is 1. The van der Waals surface area contributed by atoms with Crippen LogP contribution in [0.15, 0.2) is 30.3 Å². The largest absolute Gasteiger partial charge is 0.369 e. The molecule has 0 saturated heterocycles. The van der Waals surface area contributed by atoms with Gasteiger partial charge in [0.05, 0.1) is 6.61 Å². The summed E-state index contributed by atoms with van der Waals surface area (Å²) in [5.41, 5.74) is 1.51. The van der Waals surface area contributed by atoms with Crippen LogP contribution < -0.4 is 0 Å². The summed E-state index contributed by atoms with van der Waals surface area (Å²) >= 11 is 0. The SMILES string of the molecule is CC1(C)CCc2nnc(COCc3ccccc3)n2C1. The number of hydrogen-bond acceptors (Lipinski definition) is 3. The Morgan fingerprint density at radius 1 is 1.15 bits per heavy atom. The first-order chi connectivity index (χ1) is 9.64. The van der Waals surface area contributed by atoms with Gasteiger partial charge in [0.15, 0.2) is 5.82 Å². The lowest BCUT2D eigenvalue weighted by atomic mass is 9.85. The molecule has 0 fully saturated rings. The zero-order chi connectivity index (χ0) is 14.0. The van der Waals surface area contributed by atoms with Crippen molar-refractivity contribution in [3.05, 3.63) is 47.5 Å². The van der Waals surface area contributed by atoms with Crippen molar-refractivity contribution in [2.24, 2.45) is 5.41 Å². The van der Waals surface area contributed by atoms with Crippen molar-refractivity contribution in [1.82, 2.24) is 14.8 Å². The number of ether oxygens (including phenoxy) is 1. The molecule has 2 heterocycles. The van der Waals surface area contributed by atoms with Crippen LogP contribution in [0.25, 0.3) is 0 Å². The maximum Gasteiger partial charge on any atom is 0.159 e. The Bertz CT molecular complexity index is 575. The number of fused-ring (bicyclic) bond motifs is 1. The van der Waals surface area contributed by atoms with E-state index < -0.39 is 0 Å². The van der Waals surface area contributed by atoms with Crippen molar-refractivity contribution >= 4 is 0 Å². The van der Waals surface area contributed by atoms with Crippen molar-refractivity contribution in [2.45, 2.75) is 46.4 Å². The van der Waals surface area contributed by atoms with Crippen LogP contribution in [0, 0.1) is 5.41 Å². The molecule has 20 heavy (non-hydrogen) atoms. The van der Waals surface area contributed by atoms with Crippen LogP contribution in [-0.4, -0.2) is 14.8 Å². The molecule has 0 N–H and O–H groups in total. The third kappa shape index (κ3) is 2.90. The van der Waals surface area contributed by atoms with Gasteiger partial charge in [-0.05, 0) is 17.4 Å². The minimum Gasteiger partial charge on any atom is -0.369 e. The summed E-state index contributed by atoms with van der Waals surface area (Å²) in [4.78, 5) is 0. The van der Waals surface area contributed by atoms with E-state index in [1.807, 2.05) is 18.2 Å². The van der Waals surface area contributed by atoms with Gasteiger partial charge in [0.2, 0.25) is 0 Å². The fraction of sp³-hybridized carbons (Fsp3) is 0.500. The zero-order valence-electron chi connectivity index (χ0n) is 12.2.